The third kappa shape index (κ3) is 5.96. The Balaban J connectivity index is 1.52. The lowest BCUT2D eigenvalue weighted by Gasteiger charge is -2.29. The first-order valence-electron chi connectivity index (χ1n) is 12.8. The van der Waals surface area contributed by atoms with E-state index in [0.29, 0.717) is 25.0 Å². The second-order valence-electron chi connectivity index (χ2n) is 9.65. The number of halogens is 5. The highest BCUT2D eigenvalue weighted by atomic mass is 19.2. The average Bonchev–Trinajstić information content (AvgIpc) is 2.89. The van der Waals surface area contributed by atoms with Crippen LogP contribution >= 0.6 is 0 Å². The number of aryl methyl sites for hydroxylation is 1. The summed E-state index contributed by atoms with van der Waals surface area (Å²) in [6, 6.07) is 9.21. The predicted molar refractivity (Wildman–Crippen MR) is 138 cm³/mol. The molecule has 3 aromatic carbocycles. The lowest BCUT2D eigenvalue weighted by Crippen LogP contribution is -2.26. The van der Waals surface area contributed by atoms with Crippen LogP contribution in [0.25, 0.3) is 28.3 Å². The molecule has 0 N–H and O–H groups in total. The van der Waals surface area contributed by atoms with Gasteiger partial charge in [0.25, 0.3) is 0 Å². The minimum absolute atomic E-state index is 0.142. The molecule has 1 heterocycles. The molecule has 0 aliphatic carbocycles. The van der Waals surface area contributed by atoms with Gasteiger partial charge in [-0.2, -0.15) is 0 Å². The first-order chi connectivity index (χ1) is 17.8. The van der Waals surface area contributed by atoms with E-state index in [1.807, 2.05) is 0 Å². The van der Waals surface area contributed by atoms with E-state index in [1.54, 1.807) is 19.1 Å². The van der Waals surface area contributed by atoms with Crippen LogP contribution in [0.4, 0.5) is 22.0 Å². The minimum atomic E-state index is -1.32. The SMILES string of the molecule is CC=Cc1ccc(-c2ccc(-c3ccc(CCC4CCC(CCC)OC4)c(F)c3F)c(F)c2F)cc1F. The van der Waals surface area contributed by atoms with E-state index in [0.717, 1.165) is 31.7 Å². The van der Waals surface area contributed by atoms with Crippen molar-refractivity contribution in [3.63, 3.8) is 0 Å². The second kappa shape index (κ2) is 12.0. The van der Waals surface area contributed by atoms with Crippen molar-refractivity contribution in [2.75, 3.05) is 6.61 Å². The summed E-state index contributed by atoms with van der Waals surface area (Å²) in [5.74, 6) is -5.13. The van der Waals surface area contributed by atoms with Gasteiger partial charge in [-0.05, 0) is 62.1 Å². The highest BCUT2D eigenvalue weighted by molar-refractivity contribution is 5.73. The van der Waals surface area contributed by atoms with Crippen molar-refractivity contribution in [1.82, 2.24) is 0 Å². The Kier molecular flexibility index (Phi) is 8.80. The fourth-order valence-corrected chi connectivity index (χ4v) is 4.98. The molecule has 0 amide bonds. The van der Waals surface area contributed by atoms with Crippen molar-refractivity contribution in [2.45, 2.75) is 58.5 Å². The van der Waals surface area contributed by atoms with E-state index in [2.05, 4.69) is 6.92 Å². The van der Waals surface area contributed by atoms with Crippen molar-refractivity contribution >= 4 is 6.08 Å². The number of rotatable bonds is 8. The van der Waals surface area contributed by atoms with Crippen molar-refractivity contribution in [3.8, 4) is 22.3 Å². The van der Waals surface area contributed by atoms with Crippen LogP contribution in [0.1, 0.15) is 57.1 Å². The Hall–Kier alpha value is -2.99. The minimum Gasteiger partial charge on any atom is -0.378 e. The first kappa shape index (κ1) is 27.1. The smallest absolute Gasteiger partial charge is 0.167 e. The molecule has 3 aromatic rings. The molecule has 2 unspecified atom stereocenters. The van der Waals surface area contributed by atoms with Gasteiger partial charge in [0.1, 0.15) is 5.82 Å². The normalized spacial score (nSPS) is 18.0. The van der Waals surface area contributed by atoms with Gasteiger partial charge in [-0.15, -0.1) is 0 Å². The zero-order chi connectivity index (χ0) is 26.5. The molecule has 2 atom stereocenters. The van der Waals surface area contributed by atoms with Crippen molar-refractivity contribution in [1.29, 1.82) is 0 Å². The first-order valence-corrected chi connectivity index (χ1v) is 12.8. The van der Waals surface area contributed by atoms with Crippen LogP contribution in [0.15, 0.2) is 48.5 Å². The van der Waals surface area contributed by atoms with Gasteiger partial charge in [0.15, 0.2) is 23.3 Å². The largest absolute Gasteiger partial charge is 0.378 e. The summed E-state index contributed by atoms with van der Waals surface area (Å²) < 4.78 is 80.1. The molecule has 1 aliphatic heterocycles. The molecule has 37 heavy (non-hydrogen) atoms. The maximum Gasteiger partial charge on any atom is 0.167 e. The Bertz CT molecular complexity index is 1280. The molecule has 1 aliphatic rings. The Morgan fingerprint density at radius 2 is 1.49 bits per heavy atom. The third-order valence-electron chi connectivity index (χ3n) is 7.09. The maximum absolute atomic E-state index is 15.0. The topological polar surface area (TPSA) is 9.23 Å². The van der Waals surface area contributed by atoms with Gasteiger partial charge in [-0.25, -0.2) is 22.0 Å². The summed E-state index contributed by atoms with van der Waals surface area (Å²) in [4.78, 5) is 0. The second-order valence-corrected chi connectivity index (χ2v) is 9.65. The molecule has 4 rings (SSSR count). The molecule has 1 nitrogen and oxygen atoms in total. The molecule has 0 radical (unpaired) electrons. The molecule has 0 saturated carbocycles. The number of hydrogen-bond donors (Lipinski definition) is 0. The summed E-state index contributed by atoms with van der Waals surface area (Å²) in [7, 11) is 0. The summed E-state index contributed by atoms with van der Waals surface area (Å²) >= 11 is 0. The molecule has 1 fully saturated rings. The van der Waals surface area contributed by atoms with Gasteiger partial charge >= 0.3 is 0 Å². The number of ether oxygens (including phenoxy) is 1. The van der Waals surface area contributed by atoms with E-state index in [-0.39, 0.29) is 34.3 Å². The average molecular weight is 515 g/mol. The van der Waals surface area contributed by atoms with Crippen molar-refractivity contribution in [2.24, 2.45) is 5.92 Å². The van der Waals surface area contributed by atoms with E-state index in [9.17, 15) is 13.2 Å². The Morgan fingerprint density at radius 1 is 0.811 bits per heavy atom. The Labute approximate surface area is 215 Å². The molecule has 0 spiro atoms. The zero-order valence-corrected chi connectivity index (χ0v) is 21.1. The van der Waals surface area contributed by atoms with Crippen LogP contribution in [-0.4, -0.2) is 12.7 Å². The number of hydrogen-bond acceptors (Lipinski definition) is 1. The summed E-state index contributed by atoms with van der Waals surface area (Å²) in [5.41, 5.74) is -0.256. The van der Waals surface area contributed by atoms with Crippen LogP contribution in [0, 0.1) is 35.0 Å². The van der Waals surface area contributed by atoms with Gasteiger partial charge in [0.05, 0.1) is 6.10 Å². The monoisotopic (exact) mass is 514 g/mol. The van der Waals surface area contributed by atoms with Gasteiger partial charge < -0.3 is 4.74 Å². The molecule has 0 aromatic heterocycles. The molecule has 196 valence electrons. The third-order valence-corrected chi connectivity index (χ3v) is 7.09. The highest BCUT2D eigenvalue weighted by Crippen LogP contribution is 2.35. The maximum atomic E-state index is 15.0. The molecule has 1 saturated heterocycles. The molecular formula is C31H31F5O. The van der Waals surface area contributed by atoms with E-state index in [1.165, 1.54) is 36.4 Å². The fourth-order valence-electron chi connectivity index (χ4n) is 4.98. The number of allylic oxidation sites excluding steroid dienone is 1. The van der Waals surface area contributed by atoms with Crippen molar-refractivity contribution in [3.05, 3.63) is 88.8 Å². The molecule has 0 bridgehead atoms. The van der Waals surface area contributed by atoms with Crippen LogP contribution in [-0.2, 0) is 11.2 Å². The van der Waals surface area contributed by atoms with E-state index in [4.69, 9.17) is 4.74 Å². The van der Waals surface area contributed by atoms with Crippen LogP contribution in [0.5, 0.6) is 0 Å². The van der Waals surface area contributed by atoms with Gasteiger partial charge in [-0.3, -0.25) is 0 Å². The fraction of sp³-hybridized carbons (Fsp3) is 0.355. The zero-order valence-electron chi connectivity index (χ0n) is 21.1. The number of benzene rings is 3. The quantitative estimate of drug-likeness (QED) is 0.272. The van der Waals surface area contributed by atoms with Crippen molar-refractivity contribution < 1.29 is 26.7 Å². The lowest BCUT2D eigenvalue weighted by molar-refractivity contribution is -0.0218. The summed E-state index contributed by atoms with van der Waals surface area (Å²) in [5, 5.41) is 0. The van der Waals surface area contributed by atoms with Gasteiger partial charge in [0, 0.05) is 28.9 Å². The lowest BCUT2D eigenvalue weighted by atomic mass is 9.90. The van der Waals surface area contributed by atoms with Crippen LogP contribution in [0.3, 0.4) is 0 Å². The predicted octanol–water partition coefficient (Wildman–Crippen LogP) is 9.28. The molecule has 6 heteroatoms. The Morgan fingerprint density at radius 3 is 2.14 bits per heavy atom. The summed E-state index contributed by atoms with van der Waals surface area (Å²) in [6.07, 6.45) is 8.58. The summed E-state index contributed by atoms with van der Waals surface area (Å²) in [6.45, 7) is 4.48. The van der Waals surface area contributed by atoms with Gasteiger partial charge in [0.2, 0.25) is 0 Å². The van der Waals surface area contributed by atoms with Crippen LogP contribution < -0.4 is 0 Å². The van der Waals surface area contributed by atoms with Gasteiger partial charge in [-0.1, -0.05) is 61.9 Å². The standard InChI is InChI=1S/C31H31F5O/c1-3-5-20-10-11-22(17-27(20)32)24-15-16-26(31(36)29(24)34)25-14-12-21(28(33)30(25)35)9-7-19-8-13-23(6-4-2)37-18-19/h3,5,10-12,14-17,19,23H,4,6-9,13,18H2,1-2H3. The highest BCUT2D eigenvalue weighted by Gasteiger charge is 2.24. The van der Waals surface area contributed by atoms with E-state index < -0.39 is 34.6 Å². The molecular weight excluding hydrogens is 483 g/mol. The van der Waals surface area contributed by atoms with E-state index >= 15 is 8.78 Å². The van der Waals surface area contributed by atoms with Crippen LogP contribution in [0.2, 0.25) is 0 Å².